The van der Waals surface area contributed by atoms with Crippen molar-refractivity contribution in [2.24, 2.45) is 11.8 Å². The highest BCUT2D eigenvalue weighted by Crippen LogP contribution is 2.30. The van der Waals surface area contributed by atoms with Crippen molar-refractivity contribution in [1.82, 2.24) is 9.88 Å². The lowest BCUT2D eigenvalue weighted by atomic mass is 9.91. The molecule has 2 heterocycles. The van der Waals surface area contributed by atoms with Crippen LogP contribution in [0.25, 0.3) is 0 Å². The number of hydrogen-bond donors (Lipinski definition) is 0. The summed E-state index contributed by atoms with van der Waals surface area (Å²) in [5.74, 6) is 1.42. The first-order valence-electron chi connectivity index (χ1n) is 6.52. The SMILES string of the molecule is CC(C)[C@H]1CN(c2ncccc2F)C[C@@H]1N(C)C.Cl.Cl. The minimum Gasteiger partial charge on any atom is -0.352 e. The number of hydrogen-bond acceptors (Lipinski definition) is 3. The van der Waals surface area contributed by atoms with Gasteiger partial charge in [-0.15, -0.1) is 24.8 Å². The molecule has 0 radical (unpaired) electrons. The predicted octanol–water partition coefficient (Wildman–Crippen LogP) is 3.09. The van der Waals surface area contributed by atoms with Gasteiger partial charge in [-0.25, -0.2) is 9.37 Å². The highest BCUT2D eigenvalue weighted by Gasteiger charge is 2.37. The van der Waals surface area contributed by atoms with Gasteiger partial charge in [0.25, 0.3) is 0 Å². The van der Waals surface area contributed by atoms with Crippen LogP contribution in [0.1, 0.15) is 13.8 Å². The molecule has 2 atom stereocenters. The fraction of sp³-hybridized carbons (Fsp3) is 0.643. The van der Waals surface area contributed by atoms with Gasteiger partial charge in [-0.1, -0.05) is 13.8 Å². The van der Waals surface area contributed by atoms with Crippen molar-refractivity contribution in [3.05, 3.63) is 24.1 Å². The van der Waals surface area contributed by atoms with Gasteiger partial charge in [-0.2, -0.15) is 0 Å². The summed E-state index contributed by atoms with van der Waals surface area (Å²) in [6, 6.07) is 3.58. The Labute approximate surface area is 133 Å². The minimum atomic E-state index is -0.223. The van der Waals surface area contributed by atoms with Gasteiger partial charge in [0.1, 0.15) is 0 Å². The van der Waals surface area contributed by atoms with Crippen LogP contribution in [0.2, 0.25) is 0 Å². The second-order valence-electron chi connectivity index (χ2n) is 5.65. The summed E-state index contributed by atoms with van der Waals surface area (Å²) in [7, 11) is 4.19. The topological polar surface area (TPSA) is 19.4 Å². The van der Waals surface area contributed by atoms with Crippen LogP contribution in [0, 0.1) is 17.7 Å². The Morgan fingerprint density at radius 1 is 1.30 bits per heavy atom. The number of nitrogens with zero attached hydrogens (tertiary/aromatic N) is 3. The highest BCUT2D eigenvalue weighted by atomic mass is 35.5. The number of halogens is 3. The van der Waals surface area contributed by atoms with Crippen molar-refractivity contribution < 1.29 is 4.39 Å². The van der Waals surface area contributed by atoms with Crippen molar-refractivity contribution in [3.63, 3.8) is 0 Å². The maximum atomic E-state index is 13.8. The molecule has 0 amide bonds. The third-order valence-corrected chi connectivity index (χ3v) is 3.89. The summed E-state index contributed by atoms with van der Waals surface area (Å²) >= 11 is 0. The van der Waals surface area contributed by atoms with Crippen LogP contribution in [0.5, 0.6) is 0 Å². The van der Waals surface area contributed by atoms with Gasteiger partial charge in [-0.05, 0) is 38.1 Å². The summed E-state index contributed by atoms with van der Waals surface area (Å²) in [5, 5.41) is 0. The van der Waals surface area contributed by atoms with E-state index in [4.69, 9.17) is 0 Å². The Kier molecular flexibility index (Phi) is 7.78. The standard InChI is InChI=1S/C14H22FN3.2ClH/c1-10(2)11-8-18(9-13(11)17(3)4)14-12(15)6-5-7-16-14;;/h5-7,10-11,13H,8-9H2,1-4H3;2*1H/t11-,13+;;/m1../s1. The van der Waals surface area contributed by atoms with E-state index in [1.807, 2.05) is 0 Å². The van der Waals surface area contributed by atoms with Crippen LogP contribution in [0.3, 0.4) is 0 Å². The smallest absolute Gasteiger partial charge is 0.165 e. The first-order chi connectivity index (χ1) is 8.50. The minimum absolute atomic E-state index is 0. The van der Waals surface area contributed by atoms with Gasteiger partial charge in [0, 0.05) is 25.3 Å². The normalized spacial score (nSPS) is 21.9. The van der Waals surface area contributed by atoms with E-state index in [1.54, 1.807) is 12.3 Å². The van der Waals surface area contributed by atoms with Crippen LogP contribution in [-0.4, -0.2) is 43.1 Å². The lowest BCUT2D eigenvalue weighted by molar-refractivity contribution is 0.216. The molecule has 0 unspecified atom stereocenters. The molecule has 1 aliphatic rings. The largest absolute Gasteiger partial charge is 0.352 e. The monoisotopic (exact) mass is 323 g/mol. The summed E-state index contributed by atoms with van der Waals surface area (Å²) in [5.41, 5.74) is 0. The number of likely N-dealkylation sites (N-methyl/N-ethyl adjacent to an activating group) is 1. The fourth-order valence-corrected chi connectivity index (χ4v) is 2.80. The van der Waals surface area contributed by atoms with Crippen molar-refractivity contribution in [2.45, 2.75) is 19.9 Å². The molecule has 0 spiro atoms. The van der Waals surface area contributed by atoms with E-state index in [-0.39, 0.29) is 30.6 Å². The Balaban J connectivity index is 0.00000180. The second-order valence-corrected chi connectivity index (χ2v) is 5.65. The third-order valence-electron chi connectivity index (χ3n) is 3.89. The maximum Gasteiger partial charge on any atom is 0.165 e. The van der Waals surface area contributed by atoms with E-state index in [9.17, 15) is 4.39 Å². The van der Waals surface area contributed by atoms with E-state index >= 15 is 0 Å². The van der Waals surface area contributed by atoms with Crippen LogP contribution in [0.4, 0.5) is 10.2 Å². The molecule has 0 N–H and O–H groups in total. The van der Waals surface area contributed by atoms with Crippen LogP contribution in [-0.2, 0) is 0 Å². The van der Waals surface area contributed by atoms with Crippen LogP contribution >= 0.6 is 24.8 Å². The van der Waals surface area contributed by atoms with Gasteiger partial charge in [0.2, 0.25) is 0 Å². The number of pyridine rings is 1. The summed E-state index contributed by atoms with van der Waals surface area (Å²) in [6.07, 6.45) is 1.66. The molecule has 0 aromatic carbocycles. The fourth-order valence-electron chi connectivity index (χ4n) is 2.80. The van der Waals surface area contributed by atoms with E-state index in [2.05, 4.69) is 42.7 Å². The molecule has 20 heavy (non-hydrogen) atoms. The number of anilines is 1. The first kappa shape index (κ1) is 19.4. The van der Waals surface area contributed by atoms with Crippen LogP contribution < -0.4 is 4.90 Å². The van der Waals surface area contributed by atoms with Crippen molar-refractivity contribution in [2.75, 3.05) is 32.1 Å². The first-order valence-corrected chi connectivity index (χ1v) is 6.52. The zero-order valence-electron chi connectivity index (χ0n) is 12.4. The van der Waals surface area contributed by atoms with Gasteiger partial charge in [0.15, 0.2) is 11.6 Å². The molecule has 116 valence electrons. The molecule has 1 aliphatic heterocycles. The van der Waals surface area contributed by atoms with E-state index in [1.165, 1.54) is 6.07 Å². The molecule has 1 aromatic rings. The highest BCUT2D eigenvalue weighted by molar-refractivity contribution is 5.85. The van der Waals surface area contributed by atoms with Crippen molar-refractivity contribution in [3.8, 4) is 0 Å². The molecule has 0 aliphatic carbocycles. The zero-order chi connectivity index (χ0) is 13.3. The Bertz CT molecular complexity index is 399. The molecule has 3 nitrogen and oxygen atoms in total. The third kappa shape index (κ3) is 3.96. The number of aromatic nitrogens is 1. The van der Waals surface area contributed by atoms with Crippen LogP contribution in [0.15, 0.2) is 18.3 Å². The van der Waals surface area contributed by atoms with E-state index < -0.39 is 0 Å². The van der Waals surface area contributed by atoms with Gasteiger partial charge in [-0.3, -0.25) is 0 Å². The Hall–Kier alpha value is -0.580. The zero-order valence-corrected chi connectivity index (χ0v) is 14.0. The van der Waals surface area contributed by atoms with E-state index in [0.29, 0.717) is 23.7 Å². The molecule has 1 fully saturated rings. The molecule has 6 heteroatoms. The van der Waals surface area contributed by atoms with E-state index in [0.717, 1.165) is 13.1 Å². The summed E-state index contributed by atoms with van der Waals surface area (Å²) < 4.78 is 13.8. The number of rotatable bonds is 3. The van der Waals surface area contributed by atoms with Crippen molar-refractivity contribution in [1.29, 1.82) is 0 Å². The summed E-state index contributed by atoms with van der Waals surface area (Å²) in [6.45, 7) is 6.21. The maximum absolute atomic E-state index is 13.8. The quantitative estimate of drug-likeness (QED) is 0.852. The molecule has 0 bridgehead atoms. The molecule has 1 aromatic heterocycles. The lowest BCUT2D eigenvalue weighted by Gasteiger charge is -2.27. The van der Waals surface area contributed by atoms with Gasteiger partial charge >= 0.3 is 0 Å². The van der Waals surface area contributed by atoms with Crippen molar-refractivity contribution >= 4 is 30.6 Å². The lowest BCUT2D eigenvalue weighted by Crippen LogP contribution is -2.37. The molecular weight excluding hydrogens is 300 g/mol. The predicted molar refractivity (Wildman–Crippen MR) is 86.7 cm³/mol. The van der Waals surface area contributed by atoms with Gasteiger partial charge < -0.3 is 9.80 Å². The molecule has 1 saturated heterocycles. The summed E-state index contributed by atoms with van der Waals surface area (Å²) in [4.78, 5) is 8.50. The molecule has 0 saturated carbocycles. The second kappa shape index (κ2) is 8.01. The average Bonchev–Trinajstić information content (AvgIpc) is 2.74. The Morgan fingerprint density at radius 3 is 2.40 bits per heavy atom. The Morgan fingerprint density at radius 2 is 1.95 bits per heavy atom. The molecule has 2 rings (SSSR count). The average molecular weight is 324 g/mol. The van der Waals surface area contributed by atoms with Gasteiger partial charge in [0.05, 0.1) is 0 Å². The molecular formula is C14H24Cl2FN3.